The summed E-state index contributed by atoms with van der Waals surface area (Å²) in [5, 5.41) is 0.416. The summed E-state index contributed by atoms with van der Waals surface area (Å²) in [6, 6.07) is 3.85. The van der Waals surface area contributed by atoms with Gasteiger partial charge in [-0.3, -0.25) is 0 Å². The molecule has 144 valence electrons. The van der Waals surface area contributed by atoms with Crippen LogP contribution < -0.4 is 10.6 Å². The van der Waals surface area contributed by atoms with E-state index in [1.165, 1.54) is 12.4 Å². The highest BCUT2D eigenvalue weighted by molar-refractivity contribution is 6.30. The van der Waals surface area contributed by atoms with Crippen molar-refractivity contribution in [2.45, 2.75) is 24.9 Å². The van der Waals surface area contributed by atoms with Crippen LogP contribution in [-0.2, 0) is 6.54 Å². The molecule has 1 saturated heterocycles. The number of fused-ring (bicyclic) bond motifs is 1. The Bertz CT molecular complexity index is 1060. The van der Waals surface area contributed by atoms with E-state index in [1.807, 2.05) is 4.57 Å². The van der Waals surface area contributed by atoms with E-state index in [4.69, 9.17) is 23.9 Å². The summed E-state index contributed by atoms with van der Waals surface area (Å²) < 4.78 is 29.5. The molecule has 0 unspecified atom stereocenters. The topological polar surface area (TPSA) is 77.2 Å². The van der Waals surface area contributed by atoms with Gasteiger partial charge in [0.25, 0.3) is 5.92 Å². The molecule has 0 radical (unpaired) electrons. The van der Waals surface area contributed by atoms with Crippen molar-refractivity contribution in [3.8, 4) is 0 Å². The maximum absolute atomic E-state index is 13.8. The summed E-state index contributed by atoms with van der Waals surface area (Å²) in [6.45, 7) is 7.61. The molecule has 0 bridgehead atoms. The van der Waals surface area contributed by atoms with Crippen molar-refractivity contribution in [1.29, 1.82) is 0 Å². The van der Waals surface area contributed by atoms with Crippen LogP contribution in [0, 0.1) is 6.57 Å². The summed E-state index contributed by atoms with van der Waals surface area (Å²) in [6.07, 6.45) is 2.64. The summed E-state index contributed by atoms with van der Waals surface area (Å²) in [4.78, 5) is 18.2. The zero-order valence-corrected chi connectivity index (χ0v) is 15.4. The van der Waals surface area contributed by atoms with Gasteiger partial charge >= 0.3 is 0 Å². The van der Waals surface area contributed by atoms with Gasteiger partial charge in [0.05, 0.1) is 35.2 Å². The van der Waals surface area contributed by atoms with Crippen molar-refractivity contribution >= 4 is 34.3 Å². The molecule has 1 aliphatic heterocycles. The molecule has 0 spiro atoms. The van der Waals surface area contributed by atoms with Crippen LogP contribution in [0.3, 0.4) is 0 Å². The van der Waals surface area contributed by atoms with Gasteiger partial charge in [0.2, 0.25) is 5.95 Å². The Kier molecular flexibility index (Phi) is 4.61. The van der Waals surface area contributed by atoms with Crippen LogP contribution in [0.5, 0.6) is 0 Å². The Hall–Kier alpha value is -2.83. The Morgan fingerprint density at radius 3 is 2.75 bits per heavy atom. The molecule has 1 aliphatic rings. The van der Waals surface area contributed by atoms with Crippen LogP contribution in [0.2, 0.25) is 5.02 Å². The molecule has 4 rings (SSSR count). The van der Waals surface area contributed by atoms with Gasteiger partial charge in [-0.25, -0.2) is 28.6 Å². The lowest BCUT2D eigenvalue weighted by Crippen LogP contribution is -2.55. The second-order valence-corrected chi connectivity index (χ2v) is 7.10. The van der Waals surface area contributed by atoms with E-state index in [2.05, 4.69) is 19.8 Å². The highest BCUT2D eigenvalue weighted by Crippen LogP contribution is 2.32. The van der Waals surface area contributed by atoms with Gasteiger partial charge in [-0.15, -0.1) is 0 Å². The Balaban J connectivity index is 1.79. The number of nitrogens with zero attached hydrogens (tertiary/aromatic N) is 6. The van der Waals surface area contributed by atoms with E-state index in [1.54, 1.807) is 23.1 Å². The van der Waals surface area contributed by atoms with Gasteiger partial charge in [0, 0.05) is 31.9 Å². The van der Waals surface area contributed by atoms with E-state index < -0.39 is 12.0 Å². The van der Waals surface area contributed by atoms with Crippen molar-refractivity contribution in [2.24, 2.45) is 5.73 Å². The van der Waals surface area contributed by atoms with Crippen molar-refractivity contribution < 1.29 is 8.78 Å². The monoisotopic (exact) mass is 403 g/mol. The number of nitrogens with two attached hydrogens (primary N) is 1. The molecule has 0 amide bonds. The first kappa shape index (κ1) is 18.5. The predicted octanol–water partition coefficient (Wildman–Crippen LogP) is 3.25. The van der Waals surface area contributed by atoms with E-state index >= 15 is 0 Å². The molecule has 0 saturated carbocycles. The largest absolute Gasteiger partial charge is 0.340 e. The number of benzene rings is 1. The maximum atomic E-state index is 13.8. The second kappa shape index (κ2) is 6.96. The number of halogens is 3. The number of anilines is 1. The van der Waals surface area contributed by atoms with Gasteiger partial charge in [-0.1, -0.05) is 17.7 Å². The first-order valence-electron chi connectivity index (χ1n) is 8.60. The zero-order chi connectivity index (χ0) is 19.9. The van der Waals surface area contributed by atoms with E-state index in [0.29, 0.717) is 33.5 Å². The fraction of sp³-hybridized carbons (Fsp3) is 0.333. The number of aromatic nitrogens is 4. The lowest BCUT2D eigenvalue weighted by Gasteiger charge is -2.37. The number of hydrogen-bond acceptors (Lipinski definition) is 5. The summed E-state index contributed by atoms with van der Waals surface area (Å²) in [7, 11) is 0. The molecular formula is C18H16ClF2N7. The van der Waals surface area contributed by atoms with E-state index in [9.17, 15) is 8.78 Å². The Labute approximate surface area is 164 Å². The number of alkyl halides is 2. The van der Waals surface area contributed by atoms with Crippen LogP contribution in [-0.4, -0.2) is 44.6 Å². The first-order valence-corrected chi connectivity index (χ1v) is 8.98. The summed E-state index contributed by atoms with van der Waals surface area (Å²) in [5.41, 5.74) is 7.51. The molecule has 2 aromatic heterocycles. The molecule has 1 atom stereocenters. The molecule has 0 aliphatic carbocycles. The third-order valence-electron chi connectivity index (χ3n) is 4.77. The molecule has 1 fully saturated rings. The molecule has 3 heterocycles. The lowest BCUT2D eigenvalue weighted by molar-refractivity contribution is -0.0395. The number of piperidine rings is 1. The zero-order valence-electron chi connectivity index (χ0n) is 14.7. The Morgan fingerprint density at radius 1 is 1.32 bits per heavy atom. The highest BCUT2D eigenvalue weighted by atomic mass is 35.5. The Morgan fingerprint density at radius 2 is 2.07 bits per heavy atom. The fourth-order valence-corrected chi connectivity index (χ4v) is 3.34. The van der Waals surface area contributed by atoms with Crippen LogP contribution >= 0.6 is 11.6 Å². The molecule has 28 heavy (non-hydrogen) atoms. The van der Waals surface area contributed by atoms with Crippen LogP contribution in [0.1, 0.15) is 12.2 Å². The quantitative estimate of drug-likeness (QED) is 0.679. The second-order valence-electron chi connectivity index (χ2n) is 6.66. The first-order chi connectivity index (χ1) is 13.4. The van der Waals surface area contributed by atoms with Gasteiger partial charge in [0.15, 0.2) is 5.69 Å². The molecule has 7 nitrogen and oxygen atoms in total. The normalized spacial score (nSPS) is 19.0. The van der Waals surface area contributed by atoms with Crippen molar-refractivity contribution in [1.82, 2.24) is 19.5 Å². The van der Waals surface area contributed by atoms with Crippen molar-refractivity contribution in [3.63, 3.8) is 0 Å². The maximum Gasteiger partial charge on any atom is 0.266 e. The van der Waals surface area contributed by atoms with Crippen LogP contribution in [0.4, 0.5) is 20.4 Å². The minimum Gasteiger partial charge on any atom is -0.340 e. The van der Waals surface area contributed by atoms with Crippen molar-refractivity contribution in [2.75, 3.05) is 18.0 Å². The average Bonchev–Trinajstić information content (AvgIpc) is 3.03. The van der Waals surface area contributed by atoms with Crippen molar-refractivity contribution in [3.05, 3.63) is 52.9 Å². The smallest absolute Gasteiger partial charge is 0.266 e. The third-order valence-corrected chi connectivity index (χ3v) is 4.97. The number of rotatable bonds is 3. The average molecular weight is 404 g/mol. The summed E-state index contributed by atoms with van der Waals surface area (Å²) in [5.74, 6) is -1.91. The highest BCUT2D eigenvalue weighted by Gasteiger charge is 2.42. The standard InChI is InChI=1S/C18H16ClF2N7/c1-23-12-2-3-13-14(6-12)28(10-16-24-7-11(19)8-25-16)17(26-13)27-5-4-18(20,21)15(22)9-27/h2-3,6-8,15H,4-5,9-10,22H2/t15-/m1/s1. The van der Waals surface area contributed by atoms with Gasteiger partial charge in [-0.2, -0.15) is 0 Å². The van der Waals surface area contributed by atoms with Gasteiger partial charge in [-0.05, 0) is 12.1 Å². The fourth-order valence-electron chi connectivity index (χ4n) is 3.24. The van der Waals surface area contributed by atoms with E-state index in [-0.39, 0.29) is 26.1 Å². The predicted molar refractivity (Wildman–Crippen MR) is 102 cm³/mol. The molecule has 10 heteroatoms. The number of imidazole rings is 1. The molecule has 1 aromatic carbocycles. The lowest BCUT2D eigenvalue weighted by atomic mass is 10.0. The minimum absolute atomic E-state index is 0.0204. The minimum atomic E-state index is -2.90. The van der Waals surface area contributed by atoms with Crippen LogP contribution in [0.15, 0.2) is 30.6 Å². The number of hydrogen-bond donors (Lipinski definition) is 1. The van der Waals surface area contributed by atoms with E-state index in [0.717, 1.165) is 0 Å². The van der Waals surface area contributed by atoms with Gasteiger partial charge < -0.3 is 15.2 Å². The van der Waals surface area contributed by atoms with Gasteiger partial charge in [0.1, 0.15) is 5.82 Å². The van der Waals surface area contributed by atoms with Crippen LogP contribution in [0.25, 0.3) is 15.9 Å². The third kappa shape index (κ3) is 3.37. The molecular weight excluding hydrogens is 388 g/mol. The molecule has 3 aromatic rings. The SMILES string of the molecule is [C-]#[N+]c1ccc2nc(N3CCC(F)(F)[C@H](N)C3)n(Cc3ncc(Cl)cn3)c2c1. The summed E-state index contributed by atoms with van der Waals surface area (Å²) >= 11 is 5.85. The molecule has 2 N–H and O–H groups in total.